The van der Waals surface area contributed by atoms with Crippen molar-refractivity contribution >= 4 is 23.1 Å². The molecule has 7 nitrogen and oxygen atoms in total. The highest BCUT2D eigenvalue weighted by Gasteiger charge is 2.21. The SMILES string of the molecule is Cc1c(C(=O)Nc2cnc3nnc(C4CCCCC4)n3c2)cccc1-c1ccc(N)cc1. The summed E-state index contributed by atoms with van der Waals surface area (Å²) in [4.78, 5) is 17.5. The smallest absolute Gasteiger partial charge is 0.256 e. The summed E-state index contributed by atoms with van der Waals surface area (Å²) in [6.07, 6.45) is 9.46. The third-order valence-electron chi connectivity index (χ3n) is 6.32. The van der Waals surface area contributed by atoms with Crippen molar-refractivity contribution in [3.8, 4) is 11.1 Å². The summed E-state index contributed by atoms with van der Waals surface area (Å²) < 4.78 is 1.92. The van der Waals surface area contributed by atoms with E-state index in [2.05, 4.69) is 20.5 Å². The van der Waals surface area contributed by atoms with E-state index in [9.17, 15) is 4.79 Å². The molecule has 3 N–H and O–H groups in total. The Morgan fingerprint density at radius 1 is 1.06 bits per heavy atom. The van der Waals surface area contributed by atoms with Crippen molar-refractivity contribution in [2.24, 2.45) is 0 Å². The van der Waals surface area contributed by atoms with Gasteiger partial charge in [0.1, 0.15) is 5.82 Å². The molecule has 32 heavy (non-hydrogen) atoms. The number of anilines is 2. The second-order valence-corrected chi connectivity index (χ2v) is 8.46. The van der Waals surface area contributed by atoms with Crippen LogP contribution in [0.15, 0.2) is 54.9 Å². The Hall–Kier alpha value is -3.74. The molecular weight excluding hydrogens is 400 g/mol. The average molecular weight is 427 g/mol. The van der Waals surface area contributed by atoms with E-state index < -0.39 is 0 Å². The highest BCUT2D eigenvalue weighted by Crippen LogP contribution is 2.32. The van der Waals surface area contributed by atoms with Gasteiger partial charge in [0.15, 0.2) is 0 Å². The first-order chi connectivity index (χ1) is 15.6. The molecule has 1 aliphatic carbocycles. The molecule has 1 saturated carbocycles. The first kappa shape index (κ1) is 20.2. The van der Waals surface area contributed by atoms with Gasteiger partial charge in [-0.2, -0.15) is 0 Å². The lowest BCUT2D eigenvalue weighted by atomic mass is 9.89. The van der Waals surface area contributed by atoms with Crippen LogP contribution in [0.5, 0.6) is 0 Å². The molecule has 2 aromatic carbocycles. The molecule has 0 bridgehead atoms. The van der Waals surface area contributed by atoms with Gasteiger partial charge in [-0.3, -0.25) is 9.20 Å². The predicted molar refractivity (Wildman–Crippen MR) is 126 cm³/mol. The van der Waals surface area contributed by atoms with Crippen LogP contribution in [0.25, 0.3) is 16.9 Å². The minimum Gasteiger partial charge on any atom is -0.399 e. The van der Waals surface area contributed by atoms with Crippen molar-refractivity contribution in [3.63, 3.8) is 0 Å². The van der Waals surface area contributed by atoms with Crippen LogP contribution in [-0.2, 0) is 0 Å². The molecule has 0 unspecified atom stereocenters. The van der Waals surface area contributed by atoms with E-state index in [-0.39, 0.29) is 5.91 Å². The minimum absolute atomic E-state index is 0.173. The number of hydrogen-bond donors (Lipinski definition) is 2. The molecule has 1 amide bonds. The van der Waals surface area contributed by atoms with Crippen LogP contribution >= 0.6 is 0 Å². The lowest BCUT2D eigenvalue weighted by molar-refractivity contribution is 0.102. The van der Waals surface area contributed by atoms with Crippen molar-refractivity contribution in [1.82, 2.24) is 19.6 Å². The fourth-order valence-corrected chi connectivity index (χ4v) is 4.57. The lowest BCUT2D eigenvalue weighted by Gasteiger charge is -2.19. The second kappa shape index (κ2) is 8.42. The Morgan fingerprint density at radius 3 is 2.62 bits per heavy atom. The summed E-state index contributed by atoms with van der Waals surface area (Å²) in [5.41, 5.74) is 10.7. The fraction of sp³-hybridized carbons (Fsp3) is 0.280. The van der Waals surface area contributed by atoms with Crippen molar-refractivity contribution in [2.75, 3.05) is 11.1 Å². The number of fused-ring (bicyclic) bond motifs is 1. The van der Waals surface area contributed by atoms with Crippen LogP contribution in [0.2, 0.25) is 0 Å². The zero-order valence-corrected chi connectivity index (χ0v) is 18.1. The van der Waals surface area contributed by atoms with Crippen molar-refractivity contribution in [3.05, 3.63) is 71.8 Å². The van der Waals surface area contributed by atoms with Crippen LogP contribution in [0.4, 0.5) is 11.4 Å². The van der Waals surface area contributed by atoms with Crippen LogP contribution in [-0.4, -0.2) is 25.5 Å². The normalized spacial score (nSPS) is 14.5. The first-order valence-electron chi connectivity index (χ1n) is 11.1. The van der Waals surface area contributed by atoms with Gasteiger partial charge in [-0.15, -0.1) is 10.2 Å². The third kappa shape index (κ3) is 3.82. The maximum absolute atomic E-state index is 13.1. The number of carbonyl (C=O) groups is 1. The second-order valence-electron chi connectivity index (χ2n) is 8.46. The van der Waals surface area contributed by atoms with Crippen molar-refractivity contribution < 1.29 is 4.79 Å². The van der Waals surface area contributed by atoms with E-state index in [1.54, 1.807) is 6.20 Å². The predicted octanol–water partition coefficient (Wildman–Crippen LogP) is 4.98. The molecule has 0 atom stereocenters. The summed E-state index contributed by atoms with van der Waals surface area (Å²) in [5, 5.41) is 11.6. The molecule has 0 spiro atoms. The fourth-order valence-electron chi connectivity index (χ4n) is 4.57. The first-order valence-corrected chi connectivity index (χ1v) is 11.1. The van der Waals surface area contributed by atoms with Crippen LogP contribution in [0.3, 0.4) is 0 Å². The van der Waals surface area contributed by atoms with Gasteiger partial charge in [-0.25, -0.2) is 4.98 Å². The molecule has 2 heterocycles. The van der Waals surface area contributed by atoms with E-state index in [0.717, 1.165) is 35.4 Å². The molecule has 7 heteroatoms. The number of nitrogens with zero attached hydrogens (tertiary/aromatic N) is 4. The molecular formula is C25H26N6O. The van der Waals surface area contributed by atoms with Gasteiger partial charge in [-0.05, 0) is 54.7 Å². The molecule has 1 aliphatic rings. The van der Waals surface area contributed by atoms with Crippen LogP contribution in [0, 0.1) is 6.92 Å². The molecule has 0 radical (unpaired) electrons. The molecule has 1 fully saturated rings. The molecule has 0 aliphatic heterocycles. The third-order valence-corrected chi connectivity index (χ3v) is 6.32. The number of rotatable bonds is 4. The van der Waals surface area contributed by atoms with Gasteiger partial charge < -0.3 is 11.1 Å². The Bertz CT molecular complexity index is 1270. The van der Waals surface area contributed by atoms with Gasteiger partial charge in [0.05, 0.1) is 11.9 Å². The maximum atomic E-state index is 13.1. The number of nitrogens with one attached hydrogen (secondary N) is 1. The van der Waals surface area contributed by atoms with Crippen LogP contribution in [0.1, 0.15) is 59.8 Å². The van der Waals surface area contributed by atoms with E-state index in [0.29, 0.717) is 28.6 Å². The minimum atomic E-state index is -0.173. The van der Waals surface area contributed by atoms with Crippen molar-refractivity contribution in [2.45, 2.75) is 44.9 Å². The Balaban J connectivity index is 1.42. The topological polar surface area (TPSA) is 98.2 Å². The van der Waals surface area contributed by atoms with Crippen LogP contribution < -0.4 is 11.1 Å². The molecule has 0 saturated heterocycles. The van der Waals surface area contributed by atoms with Crippen molar-refractivity contribution in [1.29, 1.82) is 0 Å². The Labute approximate surface area is 186 Å². The number of benzene rings is 2. The number of amides is 1. The van der Waals surface area contributed by atoms with Gasteiger partial charge in [-0.1, -0.05) is 43.5 Å². The Morgan fingerprint density at radius 2 is 1.84 bits per heavy atom. The number of nitrogen functional groups attached to an aromatic ring is 1. The summed E-state index contributed by atoms with van der Waals surface area (Å²) in [7, 11) is 0. The zero-order chi connectivity index (χ0) is 22.1. The monoisotopic (exact) mass is 426 g/mol. The van der Waals surface area contributed by atoms with E-state index in [1.165, 1.54) is 19.3 Å². The quantitative estimate of drug-likeness (QED) is 0.448. The van der Waals surface area contributed by atoms with Gasteiger partial charge in [0.2, 0.25) is 0 Å². The molecule has 162 valence electrons. The Kier molecular flexibility index (Phi) is 5.31. The highest BCUT2D eigenvalue weighted by molar-refractivity contribution is 6.06. The summed E-state index contributed by atoms with van der Waals surface area (Å²) in [6.45, 7) is 1.96. The van der Waals surface area contributed by atoms with Gasteiger partial charge in [0, 0.05) is 23.4 Å². The van der Waals surface area contributed by atoms with Gasteiger partial charge >= 0.3 is 0 Å². The summed E-state index contributed by atoms with van der Waals surface area (Å²) in [5.74, 6) is 1.72. The molecule has 2 aromatic heterocycles. The standard InChI is InChI=1S/C25H26N6O/c1-16-21(17-10-12-19(26)13-11-17)8-5-9-22(16)24(32)28-20-14-27-25-30-29-23(31(25)15-20)18-6-3-2-4-7-18/h5,8-15,18H,2-4,6-7,26H2,1H3,(H,28,32). The zero-order valence-electron chi connectivity index (χ0n) is 18.1. The maximum Gasteiger partial charge on any atom is 0.256 e. The largest absolute Gasteiger partial charge is 0.399 e. The van der Waals surface area contributed by atoms with E-state index in [4.69, 9.17) is 5.73 Å². The molecule has 4 aromatic rings. The number of hydrogen-bond acceptors (Lipinski definition) is 5. The summed E-state index contributed by atoms with van der Waals surface area (Å²) in [6, 6.07) is 13.4. The summed E-state index contributed by atoms with van der Waals surface area (Å²) >= 11 is 0. The number of carbonyl (C=O) groups excluding carboxylic acids is 1. The number of aromatic nitrogens is 4. The van der Waals surface area contributed by atoms with E-state index >= 15 is 0 Å². The number of nitrogens with two attached hydrogens (primary N) is 1. The lowest BCUT2D eigenvalue weighted by Crippen LogP contribution is -2.15. The molecule has 5 rings (SSSR count). The van der Waals surface area contributed by atoms with Gasteiger partial charge in [0.25, 0.3) is 11.7 Å². The average Bonchev–Trinajstić information content (AvgIpc) is 3.24. The van der Waals surface area contributed by atoms with E-state index in [1.807, 2.05) is 60.0 Å². The highest BCUT2D eigenvalue weighted by atomic mass is 16.1.